The van der Waals surface area contributed by atoms with Crippen LogP contribution in [-0.4, -0.2) is 14.5 Å². The Bertz CT molecular complexity index is 3410. The van der Waals surface area contributed by atoms with Crippen molar-refractivity contribution in [1.82, 2.24) is 14.5 Å². The Morgan fingerprint density at radius 3 is 1.95 bits per heavy atom. The average molecular weight is 755 g/mol. The zero-order chi connectivity index (χ0) is 38.9. The normalized spacial score (nSPS) is 12.2. The zero-order valence-electron chi connectivity index (χ0n) is 31.8. The van der Waals surface area contributed by atoms with Gasteiger partial charge in [-0.15, -0.1) is 0 Å². The monoisotopic (exact) mass is 754 g/mol. The number of anilines is 3. The molecule has 11 aromatic rings. The van der Waals surface area contributed by atoms with Gasteiger partial charge in [-0.2, -0.15) is 0 Å². The molecule has 1 aliphatic heterocycles. The lowest BCUT2D eigenvalue weighted by Gasteiger charge is -2.33. The lowest BCUT2D eigenvalue weighted by Crippen LogP contribution is -2.15. The first-order chi connectivity index (χ1) is 29.3. The van der Waals surface area contributed by atoms with E-state index in [1.54, 1.807) is 0 Å². The Hall–Kier alpha value is -8.02. The van der Waals surface area contributed by atoms with Gasteiger partial charge in [-0.25, -0.2) is 9.97 Å². The summed E-state index contributed by atoms with van der Waals surface area (Å²) in [5.74, 6) is 2.31. The molecule has 0 aliphatic carbocycles. The molecular weight excluding hydrogens is 721 g/mol. The molecule has 12 rings (SSSR count). The lowest BCUT2D eigenvalue weighted by atomic mass is 9.95. The maximum atomic E-state index is 6.55. The number of benzene rings is 9. The molecule has 0 amide bonds. The third kappa shape index (κ3) is 5.33. The SMILES string of the molecule is c1ccc(-c2nc(-n3c4cccc(-c5ccc(-c6ccc7c(c6)Oc6ccccc6N7c6ccccc6)cc5)c4c4c5ccccc5ccc43)nc3ccccc23)cc1. The van der Waals surface area contributed by atoms with Crippen molar-refractivity contribution in [2.24, 2.45) is 0 Å². The van der Waals surface area contributed by atoms with Crippen molar-refractivity contribution < 1.29 is 4.74 Å². The molecular formula is C54H34N4O. The highest BCUT2D eigenvalue weighted by molar-refractivity contribution is 6.25. The Morgan fingerprint density at radius 1 is 0.407 bits per heavy atom. The molecule has 0 saturated heterocycles. The van der Waals surface area contributed by atoms with Crippen molar-refractivity contribution >= 4 is 60.5 Å². The summed E-state index contributed by atoms with van der Waals surface area (Å²) >= 11 is 0. The van der Waals surface area contributed by atoms with E-state index in [-0.39, 0.29) is 0 Å². The van der Waals surface area contributed by atoms with E-state index in [0.29, 0.717) is 5.95 Å². The highest BCUT2D eigenvalue weighted by atomic mass is 16.5. The van der Waals surface area contributed by atoms with Crippen LogP contribution in [0, 0.1) is 0 Å². The van der Waals surface area contributed by atoms with E-state index >= 15 is 0 Å². The Morgan fingerprint density at radius 2 is 1.08 bits per heavy atom. The summed E-state index contributed by atoms with van der Waals surface area (Å²) in [6.45, 7) is 0. The standard InChI is InChI=1S/C54H34N4O/c1-3-15-38(16-4-1)53-43-20-9-10-22-44(43)55-54(56-53)58-47-24-13-21-42(51(47)52-41-19-8-7-14-36(41)30-33-48(52)58)37-28-26-35(27-29-37)39-31-32-46-50(34-39)59-49-25-12-11-23-45(49)57(46)40-17-5-2-6-18-40/h1-34H. The summed E-state index contributed by atoms with van der Waals surface area (Å²) in [5.41, 5.74) is 12.6. The van der Waals surface area contributed by atoms with Crippen LogP contribution in [0.25, 0.3) is 82.9 Å². The molecule has 0 bridgehead atoms. The Balaban J connectivity index is 1.01. The minimum Gasteiger partial charge on any atom is -0.453 e. The van der Waals surface area contributed by atoms with Gasteiger partial charge in [0.1, 0.15) is 0 Å². The van der Waals surface area contributed by atoms with E-state index < -0.39 is 0 Å². The number of aromatic nitrogens is 3. The third-order valence-corrected chi connectivity index (χ3v) is 11.6. The molecule has 1 aliphatic rings. The first-order valence-corrected chi connectivity index (χ1v) is 19.9. The Labute approximate surface area is 340 Å². The summed E-state index contributed by atoms with van der Waals surface area (Å²) in [6, 6.07) is 72.5. The first kappa shape index (κ1) is 33.2. The van der Waals surface area contributed by atoms with Crippen LogP contribution in [0.3, 0.4) is 0 Å². The van der Waals surface area contributed by atoms with Gasteiger partial charge in [0.2, 0.25) is 5.95 Å². The molecule has 0 radical (unpaired) electrons. The van der Waals surface area contributed by atoms with Gasteiger partial charge in [-0.3, -0.25) is 4.57 Å². The Kier molecular flexibility index (Phi) is 7.47. The number of para-hydroxylation sites is 4. The molecule has 0 unspecified atom stereocenters. The summed E-state index contributed by atoms with van der Waals surface area (Å²) in [4.78, 5) is 12.9. The topological polar surface area (TPSA) is 43.2 Å². The first-order valence-electron chi connectivity index (χ1n) is 19.9. The molecule has 5 heteroatoms. The average Bonchev–Trinajstić information content (AvgIpc) is 3.66. The highest BCUT2D eigenvalue weighted by Crippen LogP contribution is 2.51. The number of ether oxygens (including phenoxy) is 1. The van der Waals surface area contributed by atoms with E-state index in [2.05, 4.69) is 185 Å². The summed E-state index contributed by atoms with van der Waals surface area (Å²) in [5, 5.41) is 5.77. The van der Waals surface area contributed by atoms with E-state index in [9.17, 15) is 0 Å². The number of hydrogen-bond acceptors (Lipinski definition) is 4. The molecule has 2 aromatic heterocycles. The van der Waals surface area contributed by atoms with Crippen molar-refractivity contribution in [2.45, 2.75) is 0 Å². The fourth-order valence-corrected chi connectivity index (χ4v) is 8.90. The van der Waals surface area contributed by atoms with Crippen LogP contribution in [0.2, 0.25) is 0 Å². The van der Waals surface area contributed by atoms with Crippen molar-refractivity contribution in [3.8, 4) is 51.0 Å². The second-order valence-corrected chi connectivity index (χ2v) is 15.0. The molecule has 0 saturated carbocycles. The van der Waals surface area contributed by atoms with Crippen LogP contribution < -0.4 is 9.64 Å². The van der Waals surface area contributed by atoms with Crippen molar-refractivity contribution in [3.05, 3.63) is 206 Å². The summed E-state index contributed by atoms with van der Waals surface area (Å²) in [7, 11) is 0. The van der Waals surface area contributed by atoms with Gasteiger partial charge in [0, 0.05) is 27.4 Å². The van der Waals surface area contributed by atoms with Crippen LogP contribution in [-0.2, 0) is 0 Å². The van der Waals surface area contributed by atoms with Gasteiger partial charge >= 0.3 is 0 Å². The number of fused-ring (bicyclic) bond motifs is 8. The number of rotatable bonds is 5. The second-order valence-electron chi connectivity index (χ2n) is 15.0. The molecule has 5 nitrogen and oxygen atoms in total. The number of nitrogens with zero attached hydrogens (tertiary/aromatic N) is 4. The van der Waals surface area contributed by atoms with Gasteiger partial charge in [-0.1, -0.05) is 152 Å². The van der Waals surface area contributed by atoms with Crippen molar-refractivity contribution in [3.63, 3.8) is 0 Å². The second kappa shape index (κ2) is 13.3. The largest absolute Gasteiger partial charge is 0.453 e. The van der Waals surface area contributed by atoms with Crippen LogP contribution in [0.15, 0.2) is 206 Å². The fourth-order valence-electron chi connectivity index (χ4n) is 8.90. The lowest BCUT2D eigenvalue weighted by molar-refractivity contribution is 0.477. The molecule has 9 aromatic carbocycles. The fraction of sp³-hybridized carbons (Fsp3) is 0. The maximum Gasteiger partial charge on any atom is 0.235 e. The van der Waals surface area contributed by atoms with Gasteiger partial charge in [0.05, 0.1) is 33.6 Å². The molecule has 0 spiro atoms. The quantitative estimate of drug-likeness (QED) is 0.175. The zero-order valence-corrected chi connectivity index (χ0v) is 31.8. The predicted octanol–water partition coefficient (Wildman–Crippen LogP) is 14.5. The van der Waals surface area contributed by atoms with E-state index in [1.807, 2.05) is 30.3 Å². The molecule has 0 atom stereocenters. The molecule has 59 heavy (non-hydrogen) atoms. The highest BCUT2D eigenvalue weighted by Gasteiger charge is 2.26. The van der Waals surface area contributed by atoms with Gasteiger partial charge in [0.25, 0.3) is 0 Å². The van der Waals surface area contributed by atoms with Crippen LogP contribution in [0.4, 0.5) is 17.1 Å². The minimum atomic E-state index is 0.647. The van der Waals surface area contributed by atoms with Crippen LogP contribution in [0.5, 0.6) is 11.5 Å². The molecule has 0 fully saturated rings. The van der Waals surface area contributed by atoms with E-state index in [0.717, 1.165) is 84.0 Å². The summed E-state index contributed by atoms with van der Waals surface area (Å²) in [6.07, 6.45) is 0. The number of hydrogen-bond donors (Lipinski definition) is 0. The van der Waals surface area contributed by atoms with Gasteiger partial charge in [-0.05, 0) is 87.6 Å². The van der Waals surface area contributed by atoms with E-state index in [1.165, 1.54) is 21.5 Å². The summed E-state index contributed by atoms with van der Waals surface area (Å²) < 4.78 is 8.80. The minimum absolute atomic E-state index is 0.647. The smallest absolute Gasteiger partial charge is 0.235 e. The van der Waals surface area contributed by atoms with E-state index in [4.69, 9.17) is 14.7 Å². The van der Waals surface area contributed by atoms with Crippen LogP contribution >= 0.6 is 0 Å². The van der Waals surface area contributed by atoms with Crippen molar-refractivity contribution in [1.29, 1.82) is 0 Å². The van der Waals surface area contributed by atoms with Crippen molar-refractivity contribution in [2.75, 3.05) is 4.90 Å². The van der Waals surface area contributed by atoms with Gasteiger partial charge in [0.15, 0.2) is 11.5 Å². The van der Waals surface area contributed by atoms with Gasteiger partial charge < -0.3 is 9.64 Å². The third-order valence-electron chi connectivity index (χ3n) is 11.6. The molecule has 0 N–H and O–H groups in total. The van der Waals surface area contributed by atoms with Crippen LogP contribution in [0.1, 0.15) is 0 Å². The molecule has 276 valence electrons. The molecule has 3 heterocycles. The maximum absolute atomic E-state index is 6.55. The predicted molar refractivity (Wildman–Crippen MR) is 242 cm³/mol.